The molecule has 2 fully saturated rings. The third kappa shape index (κ3) is 5.40. The maximum Gasteiger partial charge on any atom is 0.248 e. The van der Waals surface area contributed by atoms with Crippen LogP contribution in [0.2, 0.25) is 0 Å². The zero-order valence-electron chi connectivity index (χ0n) is 15.9. The molecule has 1 amide bonds. The van der Waals surface area contributed by atoms with Gasteiger partial charge in [0.25, 0.3) is 0 Å². The first kappa shape index (κ1) is 19.1. The fourth-order valence-corrected chi connectivity index (χ4v) is 3.37. The van der Waals surface area contributed by atoms with Gasteiger partial charge < -0.3 is 24.2 Å². The lowest BCUT2D eigenvalue weighted by molar-refractivity contribution is -0.136. The molecule has 7 heteroatoms. The molecule has 7 nitrogen and oxygen atoms in total. The summed E-state index contributed by atoms with van der Waals surface area (Å²) in [7, 11) is 4.10. The first-order chi connectivity index (χ1) is 12.6. The van der Waals surface area contributed by atoms with Crippen LogP contribution in [-0.2, 0) is 20.8 Å². The third-order valence-electron chi connectivity index (χ3n) is 4.87. The largest absolute Gasteiger partial charge is 0.381 e. The van der Waals surface area contributed by atoms with Crippen molar-refractivity contribution in [2.45, 2.75) is 13.0 Å². The highest BCUT2D eigenvalue weighted by molar-refractivity contribution is 5.77. The maximum atomic E-state index is 12.3. The number of aromatic nitrogens is 1. The number of amides is 1. The fourth-order valence-electron chi connectivity index (χ4n) is 3.37. The van der Waals surface area contributed by atoms with E-state index in [1.54, 1.807) is 0 Å². The standard InChI is InChI=1S/C19H30N4O3/c1-21(2)12-16-3-4-18(20-11-16)22-6-8-23(9-7-22)19(24)15-26-14-17-5-10-25-13-17/h3-4,11,17H,5-10,12-15H2,1-2H3. The molecule has 144 valence electrons. The van der Waals surface area contributed by atoms with E-state index in [9.17, 15) is 4.79 Å². The molecule has 26 heavy (non-hydrogen) atoms. The van der Waals surface area contributed by atoms with E-state index >= 15 is 0 Å². The minimum Gasteiger partial charge on any atom is -0.381 e. The van der Waals surface area contributed by atoms with Crippen molar-refractivity contribution in [1.82, 2.24) is 14.8 Å². The Bertz CT molecular complexity index is 565. The zero-order valence-corrected chi connectivity index (χ0v) is 15.9. The second-order valence-corrected chi connectivity index (χ2v) is 7.38. The number of rotatable bonds is 7. The molecular formula is C19H30N4O3. The van der Waals surface area contributed by atoms with Crippen LogP contribution >= 0.6 is 0 Å². The molecule has 1 aromatic heterocycles. The Labute approximate surface area is 155 Å². The van der Waals surface area contributed by atoms with Crippen LogP contribution in [0.4, 0.5) is 5.82 Å². The van der Waals surface area contributed by atoms with E-state index in [0.717, 1.165) is 58.2 Å². The minimum absolute atomic E-state index is 0.0813. The van der Waals surface area contributed by atoms with Crippen LogP contribution in [0.5, 0.6) is 0 Å². The molecule has 2 aliphatic rings. The molecular weight excluding hydrogens is 332 g/mol. The van der Waals surface area contributed by atoms with Crippen LogP contribution in [0.3, 0.4) is 0 Å². The van der Waals surface area contributed by atoms with Gasteiger partial charge in [-0.3, -0.25) is 4.79 Å². The number of anilines is 1. The van der Waals surface area contributed by atoms with E-state index in [0.29, 0.717) is 12.5 Å². The summed E-state index contributed by atoms with van der Waals surface area (Å²) in [6, 6.07) is 4.20. The first-order valence-electron chi connectivity index (χ1n) is 9.39. The molecule has 0 aliphatic carbocycles. The number of nitrogens with zero attached hydrogens (tertiary/aromatic N) is 4. The van der Waals surface area contributed by atoms with Gasteiger partial charge in [-0.05, 0) is 32.1 Å². The number of carbonyl (C=O) groups excluding carboxylic acids is 1. The monoisotopic (exact) mass is 362 g/mol. The average molecular weight is 362 g/mol. The predicted molar refractivity (Wildman–Crippen MR) is 100 cm³/mol. The van der Waals surface area contributed by atoms with Crippen LogP contribution in [0.15, 0.2) is 18.3 Å². The molecule has 0 N–H and O–H groups in total. The van der Waals surface area contributed by atoms with Crippen molar-refractivity contribution in [2.24, 2.45) is 5.92 Å². The third-order valence-corrected chi connectivity index (χ3v) is 4.87. The van der Waals surface area contributed by atoms with Crippen molar-refractivity contribution in [1.29, 1.82) is 0 Å². The minimum atomic E-state index is 0.0813. The highest BCUT2D eigenvalue weighted by Gasteiger charge is 2.22. The van der Waals surface area contributed by atoms with Gasteiger partial charge >= 0.3 is 0 Å². The van der Waals surface area contributed by atoms with Crippen LogP contribution < -0.4 is 4.90 Å². The lowest BCUT2D eigenvalue weighted by Crippen LogP contribution is -2.50. The van der Waals surface area contributed by atoms with Crippen LogP contribution in [0.25, 0.3) is 0 Å². The highest BCUT2D eigenvalue weighted by Crippen LogP contribution is 2.15. The van der Waals surface area contributed by atoms with E-state index < -0.39 is 0 Å². The van der Waals surface area contributed by atoms with Gasteiger partial charge in [-0.25, -0.2) is 4.98 Å². The molecule has 0 aromatic carbocycles. The van der Waals surface area contributed by atoms with Crippen molar-refractivity contribution in [3.8, 4) is 0 Å². The van der Waals surface area contributed by atoms with E-state index in [-0.39, 0.29) is 12.5 Å². The second-order valence-electron chi connectivity index (χ2n) is 7.38. The Hall–Kier alpha value is -1.70. The molecule has 2 saturated heterocycles. The fraction of sp³-hybridized carbons (Fsp3) is 0.684. The SMILES string of the molecule is CN(C)Cc1ccc(N2CCN(C(=O)COCC3CCOC3)CC2)nc1. The zero-order chi connectivity index (χ0) is 18.4. The van der Waals surface area contributed by atoms with Gasteiger partial charge in [0.15, 0.2) is 0 Å². The van der Waals surface area contributed by atoms with Gasteiger partial charge in [-0.2, -0.15) is 0 Å². The van der Waals surface area contributed by atoms with Crippen molar-refractivity contribution >= 4 is 11.7 Å². The smallest absolute Gasteiger partial charge is 0.248 e. The molecule has 1 aromatic rings. The molecule has 0 bridgehead atoms. The molecule has 1 unspecified atom stereocenters. The maximum absolute atomic E-state index is 12.3. The summed E-state index contributed by atoms with van der Waals surface area (Å²) in [4.78, 5) is 23.1. The molecule has 1 atom stereocenters. The Morgan fingerprint density at radius 1 is 1.31 bits per heavy atom. The van der Waals surface area contributed by atoms with E-state index in [2.05, 4.69) is 41.0 Å². The van der Waals surface area contributed by atoms with E-state index in [1.165, 1.54) is 5.56 Å². The number of ether oxygens (including phenoxy) is 2. The van der Waals surface area contributed by atoms with Crippen LogP contribution in [-0.4, -0.2) is 87.4 Å². The number of piperazine rings is 1. The van der Waals surface area contributed by atoms with Crippen LogP contribution in [0, 0.1) is 5.92 Å². The average Bonchev–Trinajstić information content (AvgIpc) is 3.15. The molecule has 3 heterocycles. The topological polar surface area (TPSA) is 58.1 Å². The Morgan fingerprint density at radius 2 is 2.12 bits per heavy atom. The normalized spacial score (nSPS) is 20.8. The van der Waals surface area contributed by atoms with Gasteiger partial charge in [-0.1, -0.05) is 6.07 Å². The summed E-state index contributed by atoms with van der Waals surface area (Å²) >= 11 is 0. The van der Waals surface area contributed by atoms with E-state index in [4.69, 9.17) is 9.47 Å². The molecule has 0 saturated carbocycles. The molecule has 0 radical (unpaired) electrons. The number of pyridine rings is 1. The van der Waals surface area contributed by atoms with Crippen molar-refractivity contribution in [3.05, 3.63) is 23.9 Å². The highest BCUT2D eigenvalue weighted by atomic mass is 16.5. The van der Waals surface area contributed by atoms with Crippen molar-refractivity contribution < 1.29 is 14.3 Å². The Morgan fingerprint density at radius 3 is 2.73 bits per heavy atom. The number of carbonyl (C=O) groups is 1. The lowest BCUT2D eigenvalue weighted by atomic mass is 10.1. The molecule has 3 rings (SSSR count). The summed E-state index contributed by atoms with van der Waals surface area (Å²) in [6.07, 6.45) is 2.97. The van der Waals surface area contributed by atoms with Gasteiger partial charge in [0, 0.05) is 51.4 Å². The molecule has 0 spiro atoms. The summed E-state index contributed by atoms with van der Waals surface area (Å²) in [5.41, 5.74) is 1.21. The Balaban J connectivity index is 1.39. The van der Waals surface area contributed by atoms with Gasteiger partial charge in [0.2, 0.25) is 5.91 Å². The van der Waals surface area contributed by atoms with Gasteiger partial charge in [0.1, 0.15) is 12.4 Å². The second kappa shape index (κ2) is 9.30. The first-order valence-corrected chi connectivity index (χ1v) is 9.39. The van der Waals surface area contributed by atoms with Crippen LogP contribution in [0.1, 0.15) is 12.0 Å². The predicted octanol–water partition coefficient (Wildman–Crippen LogP) is 0.845. The summed E-state index contributed by atoms with van der Waals surface area (Å²) in [5.74, 6) is 1.51. The summed E-state index contributed by atoms with van der Waals surface area (Å²) in [6.45, 7) is 6.31. The van der Waals surface area contributed by atoms with Crippen molar-refractivity contribution in [3.63, 3.8) is 0 Å². The van der Waals surface area contributed by atoms with Gasteiger partial charge in [-0.15, -0.1) is 0 Å². The molecule has 2 aliphatic heterocycles. The Kier molecular flexibility index (Phi) is 6.82. The summed E-state index contributed by atoms with van der Waals surface area (Å²) in [5, 5.41) is 0. The summed E-state index contributed by atoms with van der Waals surface area (Å²) < 4.78 is 10.9. The lowest BCUT2D eigenvalue weighted by Gasteiger charge is -2.35. The van der Waals surface area contributed by atoms with E-state index in [1.807, 2.05) is 11.1 Å². The van der Waals surface area contributed by atoms with Gasteiger partial charge in [0.05, 0.1) is 13.2 Å². The van der Waals surface area contributed by atoms with Crippen molar-refractivity contribution in [2.75, 3.05) is 71.6 Å². The number of hydrogen-bond acceptors (Lipinski definition) is 6. The quantitative estimate of drug-likeness (QED) is 0.717. The number of hydrogen-bond donors (Lipinski definition) is 0.